The lowest BCUT2D eigenvalue weighted by molar-refractivity contribution is 0.103. The Bertz CT molecular complexity index is 826. The van der Waals surface area contributed by atoms with E-state index < -0.39 is 0 Å². The van der Waals surface area contributed by atoms with Crippen LogP contribution in [0.2, 0.25) is 0 Å². The number of ketones is 1. The van der Waals surface area contributed by atoms with Gasteiger partial charge in [-0.25, -0.2) is 0 Å². The third kappa shape index (κ3) is 2.42. The Morgan fingerprint density at radius 2 is 1.91 bits per heavy atom. The van der Waals surface area contributed by atoms with Gasteiger partial charge in [0.25, 0.3) is 0 Å². The number of carbonyl (C=O) groups is 1. The lowest BCUT2D eigenvalue weighted by Crippen LogP contribution is -2.03. The number of methoxy groups -OCH3 is 1. The smallest absolute Gasteiger partial charge is 0.197 e. The SMILES string of the molecule is C=CCc1oc2ccccc2c1C(=O)c1ccc(OC)cc1. The number of ether oxygens (including phenoxy) is 1. The zero-order valence-electron chi connectivity index (χ0n) is 12.3. The Balaban J connectivity index is 2.12. The van der Waals surface area contributed by atoms with Crippen LogP contribution in [-0.2, 0) is 6.42 Å². The highest BCUT2D eigenvalue weighted by Gasteiger charge is 2.21. The molecular formula is C19H16O3. The Morgan fingerprint density at radius 3 is 2.59 bits per heavy atom. The van der Waals surface area contributed by atoms with Gasteiger partial charge in [-0.05, 0) is 30.3 Å². The molecule has 3 nitrogen and oxygen atoms in total. The van der Waals surface area contributed by atoms with Crippen molar-refractivity contribution in [3.05, 3.63) is 78.1 Å². The second kappa shape index (κ2) is 5.90. The Kier molecular flexibility index (Phi) is 3.79. The van der Waals surface area contributed by atoms with E-state index in [1.807, 2.05) is 24.3 Å². The molecule has 0 saturated carbocycles. The highest BCUT2D eigenvalue weighted by molar-refractivity contribution is 6.16. The molecule has 0 atom stereocenters. The lowest BCUT2D eigenvalue weighted by atomic mass is 9.99. The van der Waals surface area contributed by atoms with E-state index in [4.69, 9.17) is 9.15 Å². The molecular weight excluding hydrogens is 276 g/mol. The van der Waals surface area contributed by atoms with Gasteiger partial charge in [0, 0.05) is 17.4 Å². The minimum Gasteiger partial charge on any atom is -0.497 e. The highest BCUT2D eigenvalue weighted by atomic mass is 16.5. The van der Waals surface area contributed by atoms with Crippen LogP contribution in [0.3, 0.4) is 0 Å². The van der Waals surface area contributed by atoms with Crippen molar-refractivity contribution in [1.82, 2.24) is 0 Å². The number of furan rings is 1. The van der Waals surface area contributed by atoms with Gasteiger partial charge in [-0.2, -0.15) is 0 Å². The quantitative estimate of drug-likeness (QED) is 0.517. The van der Waals surface area contributed by atoms with Crippen LogP contribution in [-0.4, -0.2) is 12.9 Å². The number of hydrogen-bond acceptors (Lipinski definition) is 3. The summed E-state index contributed by atoms with van der Waals surface area (Å²) in [4.78, 5) is 12.9. The van der Waals surface area contributed by atoms with Crippen molar-refractivity contribution in [3.8, 4) is 5.75 Å². The van der Waals surface area contributed by atoms with Gasteiger partial charge in [0.05, 0.1) is 12.7 Å². The van der Waals surface area contributed by atoms with Crippen molar-refractivity contribution in [2.75, 3.05) is 7.11 Å². The van der Waals surface area contributed by atoms with Crippen molar-refractivity contribution in [2.45, 2.75) is 6.42 Å². The number of fused-ring (bicyclic) bond motifs is 1. The van der Waals surface area contributed by atoms with E-state index in [1.54, 1.807) is 37.5 Å². The Hall–Kier alpha value is -2.81. The summed E-state index contributed by atoms with van der Waals surface area (Å²) in [6, 6.07) is 14.7. The Labute approximate surface area is 128 Å². The fourth-order valence-corrected chi connectivity index (χ4v) is 2.51. The van der Waals surface area contributed by atoms with E-state index in [0.29, 0.717) is 23.3 Å². The van der Waals surface area contributed by atoms with Crippen LogP contribution >= 0.6 is 0 Å². The summed E-state index contributed by atoms with van der Waals surface area (Å²) in [6.45, 7) is 3.73. The number of carbonyl (C=O) groups excluding carboxylic acids is 1. The van der Waals surface area contributed by atoms with Crippen LogP contribution in [0.1, 0.15) is 21.7 Å². The van der Waals surface area contributed by atoms with Gasteiger partial charge in [0.15, 0.2) is 5.78 Å². The Morgan fingerprint density at radius 1 is 1.18 bits per heavy atom. The molecule has 0 N–H and O–H groups in total. The second-order valence-electron chi connectivity index (χ2n) is 4.95. The maximum Gasteiger partial charge on any atom is 0.197 e. The number of allylic oxidation sites excluding steroid dienone is 1. The molecule has 1 aromatic heterocycles. The molecule has 0 spiro atoms. The molecule has 0 aliphatic rings. The van der Waals surface area contributed by atoms with Crippen molar-refractivity contribution in [3.63, 3.8) is 0 Å². The van der Waals surface area contributed by atoms with Crippen LogP contribution in [0.5, 0.6) is 5.75 Å². The monoisotopic (exact) mass is 292 g/mol. The molecule has 0 amide bonds. The molecule has 3 aromatic rings. The zero-order chi connectivity index (χ0) is 15.5. The average molecular weight is 292 g/mol. The first-order valence-corrected chi connectivity index (χ1v) is 7.04. The van der Waals surface area contributed by atoms with Crippen LogP contribution < -0.4 is 4.74 Å². The second-order valence-corrected chi connectivity index (χ2v) is 4.95. The first kappa shape index (κ1) is 14.1. The van der Waals surface area contributed by atoms with Crippen molar-refractivity contribution in [1.29, 1.82) is 0 Å². The zero-order valence-corrected chi connectivity index (χ0v) is 12.3. The minimum absolute atomic E-state index is 0.0514. The van der Waals surface area contributed by atoms with Crippen molar-refractivity contribution in [2.24, 2.45) is 0 Å². The molecule has 0 unspecified atom stereocenters. The summed E-state index contributed by atoms with van der Waals surface area (Å²) < 4.78 is 10.9. The molecule has 3 heteroatoms. The molecule has 0 aliphatic carbocycles. The summed E-state index contributed by atoms with van der Waals surface area (Å²) in [5.41, 5.74) is 1.94. The van der Waals surface area contributed by atoms with Gasteiger partial charge in [0.2, 0.25) is 0 Å². The van der Waals surface area contributed by atoms with E-state index in [1.165, 1.54) is 0 Å². The van der Waals surface area contributed by atoms with Gasteiger partial charge in [-0.15, -0.1) is 6.58 Å². The van der Waals surface area contributed by atoms with Gasteiger partial charge < -0.3 is 9.15 Å². The molecule has 0 fully saturated rings. The maximum atomic E-state index is 12.9. The molecule has 3 rings (SSSR count). The summed E-state index contributed by atoms with van der Waals surface area (Å²) in [5, 5.41) is 0.833. The molecule has 0 saturated heterocycles. The molecule has 0 aliphatic heterocycles. The summed E-state index contributed by atoms with van der Waals surface area (Å²) >= 11 is 0. The van der Waals surface area contributed by atoms with E-state index in [2.05, 4.69) is 6.58 Å². The average Bonchev–Trinajstić information content (AvgIpc) is 2.92. The van der Waals surface area contributed by atoms with E-state index in [9.17, 15) is 4.79 Å². The minimum atomic E-state index is -0.0514. The van der Waals surface area contributed by atoms with E-state index >= 15 is 0 Å². The first-order valence-electron chi connectivity index (χ1n) is 7.04. The molecule has 110 valence electrons. The van der Waals surface area contributed by atoms with Crippen LogP contribution in [0, 0.1) is 0 Å². The number of rotatable bonds is 5. The molecule has 22 heavy (non-hydrogen) atoms. The van der Waals surface area contributed by atoms with Gasteiger partial charge in [0.1, 0.15) is 17.1 Å². The van der Waals surface area contributed by atoms with Gasteiger partial charge in [-0.3, -0.25) is 4.79 Å². The molecule has 0 radical (unpaired) electrons. The highest BCUT2D eigenvalue weighted by Crippen LogP contribution is 2.29. The number of para-hydroxylation sites is 1. The third-order valence-electron chi connectivity index (χ3n) is 3.58. The summed E-state index contributed by atoms with van der Waals surface area (Å²) in [7, 11) is 1.60. The number of benzene rings is 2. The van der Waals surface area contributed by atoms with Crippen LogP contribution in [0.4, 0.5) is 0 Å². The molecule has 2 aromatic carbocycles. The van der Waals surface area contributed by atoms with E-state index in [-0.39, 0.29) is 5.78 Å². The standard InChI is InChI=1S/C19H16O3/c1-3-6-17-18(15-7-4-5-8-16(15)22-17)19(20)13-9-11-14(21-2)12-10-13/h3-5,7-12H,1,6H2,2H3. The van der Waals surface area contributed by atoms with Gasteiger partial charge in [-0.1, -0.05) is 24.3 Å². The predicted octanol–water partition coefficient (Wildman–Crippen LogP) is 4.40. The van der Waals surface area contributed by atoms with Gasteiger partial charge >= 0.3 is 0 Å². The van der Waals surface area contributed by atoms with Crippen molar-refractivity contribution < 1.29 is 13.9 Å². The largest absolute Gasteiger partial charge is 0.497 e. The topological polar surface area (TPSA) is 39.4 Å². The van der Waals surface area contributed by atoms with Crippen molar-refractivity contribution >= 4 is 16.8 Å². The van der Waals surface area contributed by atoms with E-state index in [0.717, 1.165) is 16.7 Å². The summed E-state index contributed by atoms with van der Waals surface area (Å²) in [6.07, 6.45) is 2.26. The molecule has 1 heterocycles. The lowest BCUT2D eigenvalue weighted by Gasteiger charge is -2.03. The number of hydrogen-bond donors (Lipinski definition) is 0. The predicted molar refractivity (Wildman–Crippen MR) is 86.5 cm³/mol. The summed E-state index contributed by atoms with van der Waals surface area (Å²) in [5.74, 6) is 1.32. The molecule has 0 bridgehead atoms. The van der Waals surface area contributed by atoms with Crippen LogP contribution in [0.15, 0.2) is 65.6 Å². The fraction of sp³-hybridized carbons (Fsp3) is 0.105. The third-order valence-corrected chi connectivity index (χ3v) is 3.58. The first-order chi connectivity index (χ1) is 10.7. The maximum absolute atomic E-state index is 12.9. The fourth-order valence-electron chi connectivity index (χ4n) is 2.51. The van der Waals surface area contributed by atoms with Crippen LogP contribution in [0.25, 0.3) is 11.0 Å². The normalized spacial score (nSPS) is 10.6.